The average Bonchev–Trinajstić information content (AvgIpc) is 2.40. The fraction of sp³-hybridized carbons (Fsp3) is 0.900. The average molecular weight is 200 g/mol. The molecule has 82 valence electrons. The van der Waals surface area contributed by atoms with Gasteiger partial charge in [0.15, 0.2) is 0 Å². The monoisotopic (exact) mass is 200 g/mol. The molecular weight excluding hydrogens is 180 g/mol. The lowest BCUT2D eigenvalue weighted by Crippen LogP contribution is -2.43. The van der Waals surface area contributed by atoms with Crippen LogP contribution >= 0.6 is 0 Å². The fourth-order valence-corrected chi connectivity index (χ4v) is 1.54. The Morgan fingerprint density at radius 2 is 2.36 bits per heavy atom. The predicted molar refractivity (Wildman–Crippen MR) is 55.3 cm³/mol. The maximum atomic E-state index is 11.8. The van der Waals surface area contributed by atoms with Crippen LogP contribution < -0.4 is 0 Å². The van der Waals surface area contributed by atoms with E-state index in [0.717, 1.165) is 26.1 Å². The van der Waals surface area contributed by atoms with Crippen LogP contribution in [-0.4, -0.2) is 55.2 Å². The molecule has 1 heterocycles. The number of hydrogen-bond acceptors (Lipinski definition) is 2. The Kier molecular flexibility index (Phi) is 4.20. The van der Waals surface area contributed by atoms with Crippen molar-refractivity contribution in [3.8, 4) is 0 Å². The van der Waals surface area contributed by atoms with Crippen LogP contribution in [0.2, 0.25) is 0 Å². The molecule has 0 N–H and O–H groups in total. The molecule has 0 spiro atoms. The van der Waals surface area contributed by atoms with Gasteiger partial charge in [0, 0.05) is 33.3 Å². The van der Waals surface area contributed by atoms with E-state index in [4.69, 9.17) is 4.74 Å². The highest BCUT2D eigenvalue weighted by atomic mass is 16.5. The molecule has 0 saturated carbocycles. The number of carbonyl (C=O) groups is 1. The van der Waals surface area contributed by atoms with Gasteiger partial charge in [-0.3, -0.25) is 0 Å². The molecule has 1 aliphatic rings. The first-order valence-corrected chi connectivity index (χ1v) is 5.26. The molecule has 2 amide bonds. The van der Waals surface area contributed by atoms with Gasteiger partial charge in [-0.1, -0.05) is 0 Å². The first-order valence-electron chi connectivity index (χ1n) is 5.26. The zero-order valence-corrected chi connectivity index (χ0v) is 9.32. The number of nitrogens with zero attached hydrogens (tertiary/aromatic N) is 2. The molecule has 1 unspecified atom stereocenters. The van der Waals surface area contributed by atoms with Gasteiger partial charge in [0.25, 0.3) is 0 Å². The second-order valence-electron chi connectivity index (χ2n) is 3.78. The summed E-state index contributed by atoms with van der Waals surface area (Å²) in [7, 11) is 1.83. The minimum Gasteiger partial charge on any atom is -0.377 e. The lowest BCUT2D eigenvalue weighted by Gasteiger charge is -2.27. The predicted octanol–water partition coefficient (Wildman–Crippen LogP) is 1.17. The number of ether oxygens (including phenoxy) is 1. The van der Waals surface area contributed by atoms with Crippen molar-refractivity contribution < 1.29 is 9.53 Å². The van der Waals surface area contributed by atoms with Crippen molar-refractivity contribution in [2.45, 2.75) is 26.4 Å². The Hall–Kier alpha value is -0.770. The number of urea groups is 1. The molecule has 0 aliphatic carbocycles. The second-order valence-corrected chi connectivity index (χ2v) is 3.78. The summed E-state index contributed by atoms with van der Waals surface area (Å²) in [6.45, 7) is 7.04. The van der Waals surface area contributed by atoms with Gasteiger partial charge in [0.05, 0.1) is 6.10 Å². The summed E-state index contributed by atoms with van der Waals surface area (Å²) in [5.41, 5.74) is 0. The first kappa shape index (κ1) is 11.3. The minimum absolute atomic E-state index is 0.116. The Morgan fingerprint density at radius 3 is 3.00 bits per heavy atom. The maximum absolute atomic E-state index is 11.8. The van der Waals surface area contributed by atoms with Crippen molar-refractivity contribution in [2.75, 3.05) is 33.3 Å². The van der Waals surface area contributed by atoms with Crippen LogP contribution in [0.25, 0.3) is 0 Å². The van der Waals surface area contributed by atoms with Gasteiger partial charge >= 0.3 is 6.03 Å². The van der Waals surface area contributed by atoms with Crippen molar-refractivity contribution in [2.24, 2.45) is 0 Å². The molecule has 0 aromatic heterocycles. The quantitative estimate of drug-likeness (QED) is 0.636. The standard InChI is InChI=1S/C10H20N2O2/c1-4-11(3)10(13)12-6-5-7-14-9(2)8-12/h9H,4-8H2,1-3H3. The van der Waals surface area contributed by atoms with E-state index in [1.165, 1.54) is 0 Å². The van der Waals surface area contributed by atoms with Gasteiger partial charge in [-0.05, 0) is 20.3 Å². The Bertz CT molecular complexity index is 197. The molecule has 1 aliphatic heterocycles. The molecule has 0 aromatic rings. The van der Waals surface area contributed by atoms with E-state index in [1.54, 1.807) is 4.90 Å². The van der Waals surface area contributed by atoms with Crippen molar-refractivity contribution in [1.82, 2.24) is 9.80 Å². The molecule has 1 fully saturated rings. The molecule has 0 bridgehead atoms. The van der Waals surface area contributed by atoms with Crippen LogP contribution in [-0.2, 0) is 4.74 Å². The highest BCUT2D eigenvalue weighted by molar-refractivity contribution is 5.74. The van der Waals surface area contributed by atoms with Gasteiger partial charge < -0.3 is 14.5 Å². The summed E-state index contributed by atoms with van der Waals surface area (Å²) >= 11 is 0. The fourth-order valence-electron chi connectivity index (χ4n) is 1.54. The number of rotatable bonds is 1. The topological polar surface area (TPSA) is 32.8 Å². The molecule has 1 atom stereocenters. The molecule has 4 heteroatoms. The SMILES string of the molecule is CCN(C)C(=O)N1CCCOC(C)C1. The molecular formula is C10H20N2O2. The summed E-state index contributed by atoms with van der Waals surface area (Å²) in [4.78, 5) is 15.4. The lowest BCUT2D eigenvalue weighted by molar-refractivity contribution is 0.0688. The first-order chi connectivity index (χ1) is 6.65. The molecule has 1 rings (SSSR count). The van der Waals surface area contributed by atoms with E-state index in [1.807, 2.05) is 25.8 Å². The van der Waals surface area contributed by atoms with E-state index in [-0.39, 0.29) is 12.1 Å². The van der Waals surface area contributed by atoms with Crippen molar-refractivity contribution in [1.29, 1.82) is 0 Å². The van der Waals surface area contributed by atoms with Crippen LogP contribution in [0, 0.1) is 0 Å². The van der Waals surface area contributed by atoms with Crippen molar-refractivity contribution in [3.05, 3.63) is 0 Å². The van der Waals surface area contributed by atoms with Crippen LogP contribution in [0.5, 0.6) is 0 Å². The summed E-state index contributed by atoms with van der Waals surface area (Å²) in [6, 6.07) is 0.116. The maximum Gasteiger partial charge on any atom is 0.319 e. The number of carbonyl (C=O) groups excluding carboxylic acids is 1. The smallest absolute Gasteiger partial charge is 0.319 e. The highest BCUT2D eigenvalue weighted by Gasteiger charge is 2.21. The van der Waals surface area contributed by atoms with Crippen molar-refractivity contribution >= 4 is 6.03 Å². The van der Waals surface area contributed by atoms with Gasteiger partial charge in [0.2, 0.25) is 0 Å². The van der Waals surface area contributed by atoms with E-state index >= 15 is 0 Å². The Labute approximate surface area is 85.8 Å². The molecule has 4 nitrogen and oxygen atoms in total. The molecule has 1 saturated heterocycles. The zero-order valence-electron chi connectivity index (χ0n) is 9.32. The number of amides is 2. The lowest BCUT2D eigenvalue weighted by atomic mass is 10.3. The van der Waals surface area contributed by atoms with Crippen LogP contribution in [0.3, 0.4) is 0 Å². The molecule has 0 aromatic carbocycles. The Morgan fingerprint density at radius 1 is 1.64 bits per heavy atom. The third-order valence-corrected chi connectivity index (χ3v) is 2.52. The van der Waals surface area contributed by atoms with Crippen molar-refractivity contribution in [3.63, 3.8) is 0 Å². The summed E-state index contributed by atoms with van der Waals surface area (Å²) < 4.78 is 5.48. The van der Waals surface area contributed by atoms with E-state index in [2.05, 4.69) is 0 Å². The molecule has 0 radical (unpaired) electrons. The normalized spacial score (nSPS) is 23.1. The minimum atomic E-state index is 0.116. The Balaban J connectivity index is 2.52. The van der Waals surface area contributed by atoms with E-state index in [0.29, 0.717) is 6.54 Å². The van der Waals surface area contributed by atoms with E-state index in [9.17, 15) is 4.79 Å². The van der Waals surface area contributed by atoms with Crippen LogP contribution in [0.1, 0.15) is 20.3 Å². The molecule has 14 heavy (non-hydrogen) atoms. The van der Waals surface area contributed by atoms with E-state index < -0.39 is 0 Å². The second kappa shape index (κ2) is 5.20. The largest absolute Gasteiger partial charge is 0.377 e. The summed E-state index contributed by atoms with van der Waals surface area (Å²) in [5.74, 6) is 0. The zero-order chi connectivity index (χ0) is 10.6. The summed E-state index contributed by atoms with van der Waals surface area (Å²) in [6.07, 6.45) is 1.10. The third kappa shape index (κ3) is 2.87. The van der Waals surface area contributed by atoms with Gasteiger partial charge in [-0.15, -0.1) is 0 Å². The van der Waals surface area contributed by atoms with Crippen LogP contribution in [0.4, 0.5) is 4.79 Å². The third-order valence-electron chi connectivity index (χ3n) is 2.52. The summed E-state index contributed by atoms with van der Waals surface area (Å²) in [5, 5.41) is 0. The van der Waals surface area contributed by atoms with Gasteiger partial charge in [-0.2, -0.15) is 0 Å². The van der Waals surface area contributed by atoms with Gasteiger partial charge in [-0.25, -0.2) is 4.79 Å². The highest BCUT2D eigenvalue weighted by Crippen LogP contribution is 2.07. The van der Waals surface area contributed by atoms with Gasteiger partial charge in [0.1, 0.15) is 0 Å². The number of hydrogen-bond donors (Lipinski definition) is 0. The van der Waals surface area contributed by atoms with Crippen LogP contribution in [0.15, 0.2) is 0 Å².